The van der Waals surface area contributed by atoms with E-state index in [1.807, 2.05) is 6.07 Å². The molecular weight excluding hydrogens is 236 g/mol. The molecule has 0 radical (unpaired) electrons. The summed E-state index contributed by atoms with van der Waals surface area (Å²) in [4.78, 5) is 13.5. The van der Waals surface area contributed by atoms with Gasteiger partial charge in [0.15, 0.2) is 5.11 Å². The monoisotopic (exact) mass is 246 g/mol. The maximum atomic E-state index is 12.2. The second kappa shape index (κ2) is 4.75. The van der Waals surface area contributed by atoms with E-state index in [1.165, 1.54) is 4.79 Å². The number of carbonyl (C=O) groups excluding carboxylic acids is 1. The number of rotatable bonds is 2. The van der Waals surface area contributed by atoms with E-state index in [4.69, 9.17) is 18.0 Å². The van der Waals surface area contributed by atoms with Crippen LogP contribution in [0.15, 0.2) is 48.8 Å². The fourth-order valence-corrected chi connectivity index (χ4v) is 1.54. The van der Waals surface area contributed by atoms with Crippen molar-refractivity contribution in [3.8, 4) is 0 Å². The average Bonchev–Trinajstić information content (AvgIpc) is 2.83. The summed E-state index contributed by atoms with van der Waals surface area (Å²) in [5.41, 5.74) is 6.04. The third-order valence-electron chi connectivity index (χ3n) is 2.12. The summed E-state index contributed by atoms with van der Waals surface area (Å²) in [5.74, 6) is -0.318. The summed E-state index contributed by atoms with van der Waals surface area (Å²) in [7, 11) is 0. The third kappa shape index (κ3) is 2.31. The molecule has 1 heterocycles. The minimum Gasteiger partial charge on any atom is -0.374 e. The molecule has 2 aromatic rings. The maximum absolute atomic E-state index is 12.2. The fraction of sp³-hybridized carbons (Fsp3) is 0. The van der Waals surface area contributed by atoms with Crippen molar-refractivity contribution >= 4 is 23.2 Å². The van der Waals surface area contributed by atoms with E-state index >= 15 is 0 Å². The zero-order valence-corrected chi connectivity index (χ0v) is 9.67. The van der Waals surface area contributed by atoms with Crippen molar-refractivity contribution in [2.75, 3.05) is 5.01 Å². The van der Waals surface area contributed by atoms with Gasteiger partial charge in [0.25, 0.3) is 5.91 Å². The molecule has 1 aromatic heterocycles. The topological polar surface area (TPSA) is 64.2 Å². The lowest BCUT2D eigenvalue weighted by molar-refractivity contribution is 0.0977. The molecule has 0 saturated heterocycles. The quantitative estimate of drug-likeness (QED) is 0.800. The molecule has 0 atom stereocenters. The van der Waals surface area contributed by atoms with Crippen LogP contribution in [0.25, 0.3) is 0 Å². The predicted molar refractivity (Wildman–Crippen MR) is 68.0 cm³/mol. The Labute approximate surface area is 103 Å². The number of aromatic nitrogens is 2. The Morgan fingerprint density at radius 2 is 2.00 bits per heavy atom. The smallest absolute Gasteiger partial charge is 0.280 e. The van der Waals surface area contributed by atoms with E-state index in [2.05, 4.69) is 5.10 Å². The Kier molecular flexibility index (Phi) is 3.15. The lowest BCUT2D eigenvalue weighted by Crippen LogP contribution is -2.48. The molecule has 0 aliphatic rings. The van der Waals surface area contributed by atoms with E-state index < -0.39 is 0 Å². The van der Waals surface area contributed by atoms with Gasteiger partial charge in [-0.05, 0) is 30.4 Å². The molecular formula is C11H10N4OS. The molecule has 0 aliphatic heterocycles. The van der Waals surface area contributed by atoms with Gasteiger partial charge in [-0.25, -0.2) is 0 Å². The highest BCUT2D eigenvalue weighted by molar-refractivity contribution is 7.80. The Morgan fingerprint density at radius 3 is 2.53 bits per heavy atom. The van der Waals surface area contributed by atoms with Crippen LogP contribution in [-0.4, -0.2) is 20.9 Å². The first-order valence-electron chi connectivity index (χ1n) is 4.89. The van der Waals surface area contributed by atoms with Crippen LogP contribution in [0.2, 0.25) is 0 Å². The molecule has 0 bridgehead atoms. The van der Waals surface area contributed by atoms with Crippen molar-refractivity contribution in [3.63, 3.8) is 0 Å². The van der Waals surface area contributed by atoms with Crippen LogP contribution in [0.4, 0.5) is 0 Å². The average molecular weight is 246 g/mol. The second-order valence-corrected chi connectivity index (χ2v) is 3.67. The molecule has 0 spiro atoms. The van der Waals surface area contributed by atoms with Crippen molar-refractivity contribution < 1.29 is 4.79 Å². The van der Waals surface area contributed by atoms with Crippen LogP contribution in [0.1, 0.15) is 10.4 Å². The number of carbonyl (C=O) groups is 1. The van der Waals surface area contributed by atoms with E-state index in [0.29, 0.717) is 5.56 Å². The minimum atomic E-state index is -0.318. The van der Waals surface area contributed by atoms with Gasteiger partial charge in [-0.3, -0.25) is 4.79 Å². The summed E-state index contributed by atoms with van der Waals surface area (Å²) >= 11 is 4.86. The van der Waals surface area contributed by atoms with Gasteiger partial charge in [-0.2, -0.15) is 14.9 Å². The summed E-state index contributed by atoms with van der Waals surface area (Å²) in [5, 5.41) is 5.02. The number of hydrogen-bond acceptors (Lipinski definition) is 3. The Bertz CT molecular complexity index is 524. The van der Waals surface area contributed by atoms with E-state index in [9.17, 15) is 4.79 Å². The number of thiocarbonyl (C=S) groups is 1. The summed E-state index contributed by atoms with van der Waals surface area (Å²) in [6.07, 6.45) is 3.14. The first-order chi connectivity index (χ1) is 8.20. The van der Waals surface area contributed by atoms with Gasteiger partial charge in [0.05, 0.1) is 6.20 Å². The highest BCUT2D eigenvalue weighted by atomic mass is 32.1. The molecule has 0 fully saturated rings. The minimum absolute atomic E-state index is 0.0532. The lowest BCUT2D eigenvalue weighted by Gasteiger charge is -2.19. The van der Waals surface area contributed by atoms with Crippen LogP contribution >= 0.6 is 12.2 Å². The van der Waals surface area contributed by atoms with E-state index in [-0.39, 0.29) is 11.0 Å². The van der Waals surface area contributed by atoms with Gasteiger partial charge in [-0.1, -0.05) is 18.2 Å². The van der Waals surface area contributed by atoms with Gasteiger partial charge in [0.2, 0.25) is 0 Å². The fourth-order valence-electron chi connectivity index (χ4n) is 1.38. The number of hydrogen-bond donors (Lipinski definition) is 1. The molecule has 1 aromatic carbocycles. The van der Waals surface area contributed by atoms with Crippen molar-refractivity contribution in [2.24, 2.45) is 5.73 Å². The van der Waals surface area contributed by atoms with Crippen molar-refractivity contribution in [2.45, 2.75) is 0 Å². The zero-order chi connectivity index (χ0) is 12.3. The van der Waals surface area contributed by atoms with Gasteiger partial charge in [0, 0.05) is 11.8 Å². The number of nitrogens with two attached hydrogens (primary N) is 1. The largest absolute Gasteiger partial charge is 0.374 e. The van der Waals surface area contributed by atoms with Gasteiger partial charge < -0.3 is 5.73 Å². The standard InChI is InChI=1S/C11H10N4OS/c12-11(17)15(14-8-4-7-13-14)10(16)9-5-2-1-3-6-9/h1-8H,(H2,12,17). The molecule has 2 rings (SSSR count). The molecule has 86 valence electrons. The van der Waals surface area contributed by atoms with Crippen LogP contribution in [0.3, 0.4) is 0 Å². The van der Waals surface area contributed by atoms with Crippen molar-refractivity contribution in [3.05, 3.63) is 54.4 Å². The Hall–Kier alpha value is -2.21. The zero-order valence-electron chi connectivity index (χ0n) is 8.85. The highest BCUT2D eigenvalue weighted by Crippen LogP contribution is 2.04. The number of nitrogens with zero attached hydrogens (tertiary/aromatic N) is 3. The first-order valence-corrected chi connectivity index (χ1v) is 5.30. The molecule has 0 saturated carbocycles. The molecule has 0 aliphatic carbocycles. The molecule has 6 heteroatoms. The third-order valence-corrected chi connectivity index (χ3v) is 2.29. The van der Waals surface area contributed by atoms with Crippen molar-refractivity contribution in [1.29, 1.82) is 0 Å². The molecule has 2 N–H and O–H groups in total. The van der Waals surface area contributed by atoms with Gasteiger partial charge in [-0.15, -0.1) is 0 Å². The number of benzene rings is 1. The normalized spacial score (nSPS) is 9.88. The number of amides is 1. The molecule has 0 unspecified atom stereocenters. The summed E-state index contributed by atoms with van der Waals surface area (Å²) in [6, 6.07) is 10.4. The van der Waals surface area contributed by atoms with E-state index in [1.54, 1.807) is 42.7 Å². The van der Waals surface area contributed by atoms with Gasteiger partial charge >= 0.3 is 0 Å². The van der Waals surface area contributed by atoms with Crippen LogP contribution in [0.5, 0.6) is 0 Å². The highest BCUT2D eigenvalue weighted by Gasteiger charge is 2.19. The van der Waals surface area contributed by atoms with Crippen molar-refractivity contribution in [1.82, 2.24) is 9.89 Å². The molecule has 5 nitrogen and oxygen atoms in total. The summed E-state index contributed by atoms with van der Waals surface area (Å²) < 4.78 is 0. The first kappa shape index (κ1) is 11.3. The van der Waals surface area contributed by atoms with E-state index in [0.717, 1.165) is 5.01 Å². The molecule has 1 amide bonds. The maximum Gasteiger partial charge on any atom is 0.280 e. The van der Waals surface area contributed by atoms with Crippen LogP contribution < -0.4 is 10.7 Å². The predicted octanol–water partition coefficient (Wildman–Crippen LogP) is 0.905. The Morgan fingerprint density at radius 1 is 1.29 bits per heavy atom. The second-order valence-electron chi connectivity index (χ2n) is 3.25. The molecule has 17 heavy (non-hydrogen) atoms. The SMILES string of the molecule is NC(=S)N(C(=O)c1ccccc1)n1cccn1. The van der Waals surface area contributed by atoms with Crippen LogP contribution in [0, 0.1) is 0 Å². The Balaban J connectivity index is 2.36. The van der Waals surface area contributed by atoms with Crippen LogP contribution in [-0.2, 0) is 0 Å². The van der Waals surface area contributed by atoms with Gasteiger partial charge in [0.1, 0.15) is 0 Å². The lowest BCUT2D eigenvalue weighted by atomic mass is 10.2. The summed E-state index contributed by atoms with van der Waals surface area (Å²) in [6.45, 7) is 0.